The van der Waals surface area contributed by atoms with Crippen molar-refractivity contribution in [2.24, 2.45) is 5.92 Å². The Morgan fingerprint density at radius 3 is 2.91 bits per heavy atom. The summed E-state index contributed by atoms with van der Waals surface area (Å²) in [6.45, 7) is 1.51. The van der Waals surface area contributed by atoms with E-state index in [1.165, 1.54) is 0 Å². The van der Waals surface area contributed by atoms with Crippen LogP contribution in [0, 0.1) is 5.92 Å². The number of likely N-dealkylation sites (N-methyl/N-ethyl adjacent to an activating group) is 1. The van der Waals surface area contributed by atoms with Gasteiger partial charge in [0.1, 0.15) is 0 Å². The summed E-state index contributed by atoms with van der Waals surface area (Å²) >= 11 is 1.61. The van der Waals surface area contributed by atoms with Crippen molar-refractivity contribution in [3.05, 3.63) is 22.4 Å². The molecule has 1 unspecified atom stereocenters. The number of hydrogen-bond acceptors (Lipinski definition) is 5. The summed E-state index contributed by atoms with van der Waals surface area (Å²) in [4.78, 5) is 28.0. The average Bonchev–Trinajstić information content (AvgIpc) is 3.08. The molecule has 2 rings (SSSR count). The van der Waals surface area contributed by atoms with Gasteiger partial charge in [0.15, 0.2) is 0 Å². The van der Waals surface area contributed by atoms with Crippen LogP contribution >= 0.6 is 11.3 Å². The molecule has 2 heterocycles. The lowest BCUT2D eigenvalue weighted by Crippen LogP contribution is -2.49. The molecule has 0 spiro atoms. The fourth-order valence-corrected chi connectivity index (χ4v) is 3.58. The van der Waals surface area contributed by atoms with Crippen molar-refractivity contribution in [2.75, 3.05) is 40.3 Å². The lowest BCUT2D eigenvalue weighted by molar-refractivity contribution is -0.147. The van der Waals surface area contributed by atoms with E-state index in [4.69, 9.17) is 0 Å². The zero-order valence-electron chi connectivity index (χ0n) is 13.7. The van der Waals surface area contributed by atoms with Gasteiger partial charge in [0.25, 0.3) is 0 Å². The van der Waals surface area contributed by atoms with Crippen LogP contribution in [0.3, 0.4) is 0 Å². The fraction of sp³-hybridized carbons (Fsp3) is 0.625. The topological polar surface area (TPSA) is 72.9 Å². The van der Waals surface area contributed by atoms with Crippen LogP contribution in [0.5, 0.6) is 0 Å². The van der Waals surface area contributed by atoms with E-state index in [-0.39, 0.29) is 18.6 Å². The Bertz CT molecular complexity index is 519. The smallest absolute Gasteiger partial charge is 0.311 e. The summed E-state index contributed by atoms with van der Waals surface area (Å²) in [6, 6.07) is 2.07. The number of amides is 2. The van der Waals surface area contributed by atoms with Gasteiger partial charge in [-0.1, -0.05) is 0 Å². The first-order chi connectivity index (χ1) is 11.0. The number of piperidine rings is 1. The maximum Gasteiger partial charge on any atom is 0.311 e. The number of thiophene rings is 1. The fourth-order valence-electron chi connectivity index (χ4n) is 2.87. The normalized spacial score (nSPS) is 19.7. The van der Waals surface area contributed by atoms with E-state index in [1.54, 1.807) is 16.2 Å². The molecule has 1 fully saturated rings. The van der Waals surface area contributed by atoms with E-state index in [1.807, 2.05) is 30.4 Å². The van der Waals surface area contributed by atoms with Crippen molar-refractivity contribution in [3.8, 4) is 0 Å². The van der Waals surface area contributed by atoms with Crippen molar-refractivity contribution in [1.29, 1.82) is 0 Å². The molecule has 6 nitrogen and oxygen atoms in total. The molecule has 128 valence electrons. The molecular weight excluding hydrogens is 314 g/mol. The van der Waals surface area contributed by atoms with Crippen LogP contribution in [0.25, 0.3) is 0 Å². The largest absolute Gasteiger partial charge is 0.396 e. The van der Waals surface area contributed by atoms with Gasteiger partial charge in [-0.2, -0.15) is 11.3 Å². The highest BCUT2D eigenvalue weighted by molar-refractivity contribution is 7.07. The summed E-state index contributed by atoms with van der Waals surface area (Å²) in [7, 11) is 3.90. The molecule has 2 N–H and O–H groups in total. The summed E-state index contributed by atoms with van der Waals surface area (Å²) in [5.74, 6) is -0.975. The van der Waals surface area contributed by atoms with Gasteiger partial charge in [0.05, 0.1) is 6.04 Å². The molecule has 7 heteroatoms. The Kier molecular flexibility index (Phi) is 6.56. The molecule has 2 amide bonds. The molecular formula is C16H25N3O3S. The first-order valence-corrected chi connectivity index (χ1v) is 8.83. The Labute approximate surface area is 141 Å². The van der Waals surface area contributed by atoms with Gasteiger partial charge in [-0.3, -0.25) is 9.59 Å². The number of hydrogen-bond donors (Lipinski definition) is 2. The van der Waals surface area contributed by atoms with Gasteiger partial charge in [0, 0.05) is 26.2 Å². The van der Waals surface area contributed by atoms with Crippen LogP contribution < -0.4 is 5.32 Å². The zero-order chi connectivity index (χ0) is 16.8. The Morgan fingerprint density at radius 1 is 1.52 bits per heavy atom. The standard InChI is InChI=1S/C16H25N3O3S/c1-18(2)14(13-5-7-23-11-13)8-17-15(21)16(22)19-6-3-4-12(9-19)10-20/h5,7,11-12,14,20H,3-4,6,8-10H2,1-2H3,(H,17,21)/t12-,14?/m1/s1. The number of rotatable bonds is 5. The van der Waals surface area contributed by atoms with Gasteiger partial charge >= 0.3 is 11.8 Å². The van der Waals surface area contributed by atoms with Crippen molar-refractivity contribution in [2.45, 2.75) is 18.9 Å². The molecule has 0 radical (unpaired) electrons. The van der Waals surface area contributed by atoms with Crippen LogP contribution in [-0.4, -0.2) is 67.1 Å². The van der Waals surface area contributed by atoms with Crippen molar-refractivity contribution in [1.82, 2.24) is 15.1 Å². The van der Waals surface area contributed by atoms with Gasteiger partial charge in [-0.25, -0.2) is 0 Å². The highest BCUT2D eigenvalue weighted by atomic mass is 32.1. The number of carbonyl (C=O) groups excluding carboxylic acids is 2. The van der Waals surface area contributed by atoms with Crippen LogP contribution in [0.4, 0.5) is 0 Å². The van der Waals surface area contributed by atoms with Crippen LogP contribution in [-0.2, 0) is 9.59 Å². The highest BCUT2D eigenvalue weighted by Gasteiger charge is 2.28. The lowest BCUT2D eigenvalue weighted by atomic mass is 9.99. The third kappa shape index (κ3) is 4.76. The number of aliphatic hydroxyl groups is 1. The Hall–Kier alpha value is -1.44. The highest BCUT2D eigenvalue weighted by Crippen LogP contribution is 2.20. The molecule has 1 saturated heterocycles. The summed E-state index contributed by atoms with van der Waals surface area (Å²) in [5, 5.41) is 16.0. The first kappa shape index (κ1) is 17.9. The molecule has 0 saturated carbocycles. The molecule has 1 aliphatic rings. The maximum absolute atomic E-state index is 12.2. The van der Waals surface area contributed by atoms with E-state index in [0.29, 0.717) is 19.6 Å². The predicted molar refractivity (Wildman–Crippen MR) is 90.1 cm³/mol. The maximum atomic E-state index is 12.2. The van der Waals surface area contributed by atoms with E-state index in [2.05, 4.69) is 10.7 Å². The molecule has 2 atom stereocenters. The number of nitrogens with zero attached hydrogens (tertiary/aromatic N) is 2. The van der Waals surface area contributed by atoms with E-state index < -0.39 is 11.8 Å². The van der Waals surface area contributed by atoms with E-state index >= 15 is 0 Å². The van der Waals surface area contributed by atoms with Crippen molar-refractivity contribution < 1.29 is 14.7 Å². The molecule has 0 aromatic carbocycles. The quantitative estimate of drug-likeness (QED) is 0.775. The van der Waals surface area contributed by atoms with Crippen LogP contribution in [0.1, 0.15) is 24.4 Å². The second kappa shape index (κ2) is 8.42. The SMILES string of the molecule is CN(C)C(CNC(=O)C(=O)N1CCC[C@@H](CO)C1)c1ccsc1. The van der Waals surface area contributed by atoms with Crippen molar-refractivity contribution >= 4 is 23.2 Å². The van der Waals surface area contributed by atoms with E-state index in [0.717, 1.165) is 18.4 Å². The zero-order valence-corrected chi connectivity index (χ0v) is 14.5. The third-order valence-corrected chi connectivity index (χ3v) is 4.97. The van der Waals surface area contributed by atoms with Gasteiger partial charge < -0.3 is 20.2 Å². The van der Waals surface area contributed by atoms with Crippen LogP contribution in [0.2, 0.25) is 0 Å². The second-order valence-electron chi connectivity index (χ2n) is 6.19. The minimum absolute atomic E-state index is 0.0459. The number of likely N-dealkylation sites (tertiary alicyclic amines) is 1. The average molecular weight is 339 g/mol. The van der Waals surface area contributed by atoms with Gasteiger partial charge in [0.2, 0.25) is 0 Å². The second-order valence-corrected chi connectivity index (χ2v) is 6.97. The molecule has 0 bridgehead atoms. The molecule has 1 aromatic heterocycles. The summed E-state index contributed by atoms with van der Waals surface area (Å²) < 4.78 is 0. The first-order valence-electron chi connectivity index (χ1n) is 7.89. The number of aliphatic hydroxyl groups excluding tert-OH is 1. The number of nitrogens with one attached hydrogen (secondary N) is 1. The van der Waals surface area contributed by atoms with Crippen LogP contribution in [0.15, 0.2) is 16.8 Å². The Morgan fingerprint density at radius 2 is 2.30 bits per heavy atom. The summed E-state index contributed by atoms with van der Waals surface area (Å²) in [6.07, 6.45) is 1.74. The number of carbonyl (C=O) groups is 2. The third-order valence-electron chi connectivity index (χ3n) is 4.27. The van der Waals surface area contributed by atoms with E-state index in [9.17, 15) is 14.7 Å². The minimum atomic E-state index is -0.564. The molecule has 23 heavy (non-hydrogen) atoms. The van der Waals surface area contributed by atoms with Gasteiger partial charge in [-0.15, -0.1) is 0 Å². The predicted octanol–water partition coefficient (Wildman–Crippen LogP) is 0.698. The van der Waals surface area contributed by atoms with Gasteiger partial charge in [-0.05, 0) is 55.2 Å². The monoisotopic (exact) mass is 339 g/mol. The van der Waals surface area contributed by atoms with Crippen molar-refractivity contribution in [3.63, 3.8) is 0 Å². The molecule has 0 aliphatic carbocycles. The molecule has 1 aromatic rings. The Balaban J connectivity index is 1.89. The summed E-state index contributed by atoms with van der Waals surface area (Å²) in [5.41, 5.74) is 1.13. The lowest BCUT2D eigenvalue weighted by Gasteiger charge is -2.31. The molecule has 1 aliphatic heterocycles. The minimum Gasteiger partial charge on any atom is -0.396 e.